The van der Waals surface area contributed by atoms with Crippen LogP contribution in [0.5, 0.6) is 0 Å². The Morgan fingerprint density at radius 3 is 2.61 bits per heavy atom. The first-order valence-electron chi connectivity index (χ1n) is 9.55. The lowest BCUT2D eigenvalue weighted by atomic mass is 9.76. The Hall–Kier alpha value is -3.08. The summed E-state index contributed by atoms with van der Waals surface area (Å²) in [5.74, 6) is -0.0598. The van der Waals surface area contributed by atoms with Gasteiger partial charge in [-0.3, -0.25) is 0 Å². The number of rotatable bonds is 4. The Morgan fingerprint density at radius 1 is 1.11 bits per heavy atom. The summed E-state index contributed by atoms with van der Waals surface area (Å²) in [5, 5.41) is 3.60. The van der Waals surface area contributed by atoms with Crippen LogP contribution in [0.4, 0.5) is 5.69 Å². The molecule has 0 spiro atoms. The number of allylic oxidation sites excluding steroid dienone is 2. The minimum Gasteiger partial charge on any atom is -0.465 e. The van der Waals surface area contributed by atoms with Crippen LogP contribution in [0.15, 0.2) is 54.6 Å². The summed E-state index contributed by atoms with van der Waals surface area (Å²) in [5.41, 5.74) is 4.14. The summed E-state index contributed by atoms with van der Waals surface area (Å²) in [7, 11) is 1.38. The van der Waals surface area contributed by atoms with Gasteiger partial charge < -0.3 is 14.8 Å². The van der Waals surface area contributed by atoms with Gasteiger partial charge in [-0.1, -0.05) is 36.4 Å². The van der Waals surface area contributed by atoms with Crippen molar-refractivity contribution in [2.45, 2.75) is 25.3 Å². The van der Waals surface area contributed by atoms with Crippen molar-refractivity contribution in [3.05, 3.63) is 76.9 Å². The largest absolute Gasteiger partial charge is 0.465 e. The van der Waals surface area contributed by atoms with Crippen molar-refractivity contribution >= 4 is 17.6 Å². The minimum absolute atomic E-state index is 0.0368. The molecule has 0 saturated carbocycles. The van der Waals surface area contributed by atoms with E-state index in [1.165, 1.54) is 7.11 Å². The molecule has 2 aromatic rings. The Kier molecular flexibility index (Phi) is 4.90. The highest BCUT2D eigenvalue weighted by molar-refractivity contribution is 5.97. The number of hydrogen-bond acceptors (Lipinski definition) is 5. The Balaban J connectivity index is 1.73. The number of carbonyl (C=O) groups is 2. The van der Waals surface area contributed by atoms with Gasteiger partial charge in [0.2, 0.25) is 0 Å². The Labute approximate surface area is 164 Å². The number of anilines is 1. The minimum atomic E-state index is -0.349. The first kappa shape index (κ1) is 18.3. The highest BCUT2D eigenvalue weighted by atomic mass is 16.5. The number of benzene rings is 2. The summed E-state index contributed by atoms with van der Waals surface area (Å²) >= 11 is 0. The predicted molar refractivity (Wildman–Crippen MR) is 107 cm³/mol. The van der Waals surface area contributed by atoms with Crippen molar-refractivity contribution in [2.75, 3.05) is 19.0 Å². The Bertz CT molecular complexity index is 932. The SMILES string of the molecule is CCOC(=O)c1cccc2c1N[C@@H](c1ccc(C(=O)OC)cc1)[C@H]1CC=C[C@@H]21. The number of nitrogens with one attached hydrogen (secondary N) is 1. The zero-order valence-electron chi connectivity index (χ0n) is 16.0. The molecule has 1 N–H and O–H groups in total. The summed E-state index contributed by atoms with van der Waals surface area (Å²) < 4.78 is 10.0. The normalized spacial score (nSPS) is 22.0. The fourth-order valence-corrected chi connectivity index (χ4v) is 4.27. The lowest BCUT2D eigenvalue weighted by Gasteiger charge is -2.38. The third kappa shape index (κ3) is 3.07. The van der Waals surface area contributed by atoms with E-state index >= 15 is 0 Å². The molecule has 1 aliphatic carbocycles. The Morgan fingerprint density at radius 2 is 1.89 bits per heavy atom. The van der Waals surface area contributed by atoms with Crippen LogP contribution in [-0.2, 0) is 9.47 Å². The zero-order valence-corrected chi connectivity index (χ0v) is 16.0. The number of hydrogen-bond donors (Lipinski definition) is 1. The molecule has 28 heavy (non-hydrogen) atoms. The first-order valence-corrected chi connectivity index (χ1v) is 9.55. The van der Waals surface area contributed by atoms with Gasteiger partial charge in [0.1, 0.15) is 0 Å². The monoisotopic (exact) mass is 377 g/mol. The van der Waals surface area contributed by atoms with Crippen LogP contribution in [-0.4, -0.2) is 25.7 Å². The fourth-order valence-electron chi connectivity index (χ4n) is 4.27. The van der Waals surface area contributed by atoms with Gasteiger partial charge in [-0.2, -0.15) is 0 Å². The van der Waals surface area contributed by atoms with Gasteiger partial charge in [-0.15, -0.1) is 0 Å². The molecule has 144 valence electrons. The van der Waals surface area contributed by atoms with E-state index in [9.17, 15) is 9.59 Å². The van der Waals surface area contributed by atoms with Gasteiger partial charge in [0.05, 0.1) is 36.6 Å². The lowest BCUT2D eigenvalue weighted by Crippen LogP contribution is -2.30. The van der Waals surface area contributed by atoms with E-state index in [1.54, 1.807) is 18.2 Å². The topological polar surface area (TPSA) is 64.6 Å². The van der Waals surface area contributed by atoms with Crippen LogP contribution in [0.3, 0.4) is 0 Å². The van der Waals surface area contributed by atoms with Crippen LogP contribution >= 0.6 is 0 Å². The molecule has 1 heterocycles. The van der Waals surface area contributed by atoms with Crippen LogP contribution in [0, 0.1) is 5.92 Å². The van der Waals surface area contributed by atoms with Gasteiger partial charge in [0, 0.05) is 5.92 Å². The molecular weight excluding hydrogens is 354 g/mol. The van der Waals surface area contributed by atoms with Crippen molar-refractivity contribution in [2.24, 2.45) is 5.92 Å². The van der Waals surface area contributed by atoms with Crippen molar-refractivity contribution in [3.8, 4) is 0 Å². The molecule has 2 aromatic carbocycles. The number of esters is 2. The number of carbonyl (C=O) groups excluding carboxylic acids is 2. The fraction of sp³-hybridized carbons (Fsp3) is 0.304. The number of fused-ring (bicyclic) bond motifs is 3. The number of ether oxygens (including phenoxy) is 2. The molecule has 0 radical (unpaired) electrons. The van der Waals surface area contributed by atoms with Gasteiger partial charge >= 0.3 is 11.9 Å². The van der Waals surface area contributed by atoms with Crippen molar-refractivity contribution in [1.82, 2.24) is 0 Å². The van der Waals surface area contributed by atoms with Crippen molar-refractivity contribution in [3.63, 3.8) is 0 Å². The first-order chi connectivity index (χ1) is 13.6. The third-order valence-electron chi connectivity index (χ3n) is 5.58. The van der Waals surface area contributed by atoms with E-state index in [-0.39, 0.29) is 23.9 Å². The van der Waals surface area contributed by atoms with E-state index in [1.807, 2.05) is 25.1 Å². The molecule has 5 nitrogen and oxygen atoms in total. The highest BCUT2D eigenvalue weighted by Gasteiger charge is 2.39. The maximum Gasteiger partial charge on any atom is 0.340 e. The molecule has 0 unspecified atom stereocenters. The molecule has 0 bridgehead atoms. The number of methoxy groups -OCH3 is 1. The lowest BCUT2D eigenvalue weighted by molar-refractivity contribution is 0.0526. The number of para-hydroxylation sites is 1. The van der Waals surface area contributed by atoms with E-state index in [4.69, 9.17) is 9.47 Å². The van der Waals surface area contributed by atoms with Crippen molar-refractivity contribution in [1.29, 1.82) is 0 Å². The molecule has 0 saturated heterocycles. The second-order valence-electron chi connectivity index (χ2n) is 7.08. The average Bonchev–Trinajstić information content (AvgIpc) is 3.22. The molecule has 2 aliphatic rings. The van der Waals surface area contributed by atoms with E-state index < -0.39 is 0 Å². The summed E-state index contributed by atoms with van der Waals surface area (Å²) in [6.07, 6.45) is 5.40. The highest BCUT2D eigenvalue weighted by Crippen LogP contribution is 2.50. The molecule has 0 fully saturated rings. The summed E-state index contributed by atoms with van der Waals surface area (Å²) in [4.78, 5) is 24.2. The van der Waals surface area contributed by atoms with Crippen molar-refractivity contribution < 1.29 is 19.1 Å². The molecule has 3 atom stereocenters. The zero-order chi connectivity index (χ0) is 19.7. The van der Waals surface area contributed by atoms with E-state index in [0.717, 1.165) is 23.2 Å². The third-order valence-corrected chi connectivity index (χ3v) is 5.58. The standard InChI is InChI=1S/C23H23NO4/c1-3-28-23(26)19-9-5-8-18-16-6-4-7-17(16)20(24-21(18)19)14-10-12-15(13-11-14)22(25)27-2/h4-6,8-13,16-17,20,24H,3,7H2,1-2H3/t16-,17+,20+/m1/s1. The second-order valence-corrected chi connectivity index (χ2v) is 7.08. The van der Waals surface area contributed by atoms with Gasteiger partial charge in [0.15, 0.2) is 0 Å². The molecule has 4 rings (SSSR count). The van der Waals surface area contributed by atoms with Crippen LogP contribution in [0.1, 0.15) is 57.1 Å². The van der Waals surface area contributed by atoms with Gasteiger partial charge in [-0.25, -0.2) is 9.59 Å². The predicted octanol–water partition coefficient (Wildman–Crippen LogP) is 4.48. The van der Waals surface area contributed by atoms with E-state index in [2.05, 4.69) is 23.5 Å². The average molecular weight is 377 g/mol. The smallest absolute Gasteiger partial charge is 0.340 e. The summed E-state index contributed by atoms with van der Waals surface area (Å²) in [6.45, 7) is 2.15. The maximum atomic E-state index is 12.5. The molecule has 0 aromatic heterocycles. The van der Waals surface area contributed by atoms with Crippen LogP contribution in [0.25, 0.3) is 0 Å². The second kappa shape index (κ2) is 7.50. The van der Waals surface area contributed by atoms with Gasteiger partial charge in [0.25, 0.3) is 0 Å². The molecular formula is C23H23NO4. The summed E-state index contributed by atoms with van der Waals surface area (Å²) in [6, 6.07) is 13.3. The maximum absolute atomic E-state index is 12.5. The molecule has 0 amide bonds. The van der Waals surface area contributed by atoms with E-state index in [0.29, 0.717) is 23.7 Å². The quantitative estimate of drug-likeness (QED) is 0.629. The van der Waals surface area contributed by atoms with Crippen LogP contribution in [0.2, 0.25) is 0 Å². The molecule has 1 aliphatic heterocycles. The van der Waals surface area contributed by atoms with Gasteiger partial charge in [-0.05, 0) is 48.6 Å². The molecule has 5 heteroatoms. The van der Waals surface area contributed by atoms with Crippen LogP contribution < -0.4 is 5.32 Å².